The minimum atomic E-state index is -0.488. The quantitative estimate of drug-likeness (QED) is 0.511. The van der Waals surface area contributed by atoms with Crippen molar-refractivity contribution >= 4 is 22.7 Å². The highest BCUT2D eigenvalue weighted by molar-refractivity contribution is 7.09. The van der Waals surface area contributed by atoms with Crippen LogP contribution in [0.2, 0.25) is 0 Å². The fourth-order valence-corrected chi connectivity index (χ4v) is 2.14. The summed E-state index contributed by atoms with van der Waals surface area (Å²) in [5, 5.41) is 12.7. The minimum absolute atomic E-state index is 0.0766. The zero-order valence-corrected chi connectivity index (χ0v) is 10.4. The van der Waals surface area contributed by atoms with E-state index >= 15 is 0 Å². The lowest BCUT2D eigenvalue weighted by Crippen LogP contribution is -1.98. The van der Waals surface area contributed by atoms with E-state index in [1.165, 1.54) is 12.1 Å². The summed E-state index contributed by atoms with van der Waals surface area (Å²) >= 11 is 1.62. The number of ether oxygens (including phenoxy) is 1. The van der Waals surface area contributed by atoms with Crippen LogP contribution in [-0.2, 0) is 18.0 Å². The molecule has 2 aromatic rings. The molecule has 0 unspecified atom stereocenters. The monoisotopic (exact) mass is 264 g/mol. The first-order valence-corrected chi connectivity index (χ1v) is 6.17. The second kappa shape index (κ2) is 5.61. The maximum atomic E-state index is 10.7. The van der Waals surface area contributed by atoms with Gasteiger partial charge in [0.2, 0.25) is 0 Å². The van der Waals surface area contributed by atoms with Crippen molar-refractivity contribution in [2.24, 2.45) is 0 Å². The third-order valence-corrected chi connectivity index (χ3v) is 3.23. The number of hydrogen-bond acceptors (Lipinski definition) is 5. The van der Waals surface area contributed by atoms with Crippen molar-refractivity contribution in [2.75, 3.05) is 5.73 Å². The summed E-state index contributed by atoms with van der Waals surface area (Å²) < 4.78 is 5.49. The molecule has 94 valence electrons. The molecule has 5 nitrogen and oxygen atoms in total. The van der Waals surface area contributed by atoms with Gasteiger partial charge in [0.05, 0.1) is 18.1 Å². The van der Waals surface area contributed by atoms with Gasteiger partial charge in [0, 0.05) is 10.9 Å². The van der Waals surface area contributed by atoms with Gasteiger partial charge in [0.1, 0.15) is 5.69 Å². The smallest absolute Gasteiger partial charge is 0.292 e. The van der Waals surface area contributed by atoms with Crippen LogP contribution in [0.25, 0.3) is 0 Å². The molecule has 0 aliphatic rings. The Morgan fingerprint density at radius 2 is 2.17 bits per heavy atom. The van der Waals surface area contributed by atoms with Crippen molar-refractivity contribution in [2.45, 2.75) is 13.2 Å². The highest BCUT2D eigenvalue weighted by Gasteiger charge is 2.11. The number of nitrogen functional groups attached to an aromatic ring is 1. The topological polar surface area (TPSA) is 78.4 Å². The van der Waals surface area contributed by atoms with Crippen LogP contribution < -0.4 is 5.73 Å². The fourth-order valence-electron chi connectivity index (χ4n) is 1.50. The van der Waals surface area contributed by atoms with Crippen LogP contribution in [-0.4, -0.2) is 4.92 Å². The molecule has 2 rings (SSSR count). The fraction of sp³-hybridized carbons (Fsp3) is 0.167. The Morgan fingerprint density at radius 3 is 2.83 bits per heavy atom. The Hall–Kier alpha value is -1.92. The van der Waals surface area contributed by atoms with Crippen molar-refractivity contribution in [1.82, 2.24) is 0 Å². The molecule has 1 aromatic heterocycles. The van der Waals surface area contributed by atoms with E-state index in [0.717, 1.165) is 10.4 Å². The van der Waals surface area contributed by atoms with Crippen LogP contribution in [0.5, 0.6) is 0 Å². The first-order chi connectivity index (χ1) is 8.66. The van der Waals surface area contributed by atoms with Gasteiger partial charge in [0.15, 0.2) is 0 Å². The number of nitro groups is 1. The molecule has 2 N–H and O–H groups in total. The van der Waals surface area contributed by atoms with Crippen molar-refractivity contribution in [3.63, 3.8) is 0 Å². The van der Waals surface area contributed by atoms with Gasteiger partial charge in [-0.15, -0.1) is 11.3 Å². The average molecular weight is 264 g/mol. The van der Waals surface area contributed by atoms with Crippen LogP contribution in [0.15, 0.2) is 35.7 Å². The highest BCUT2D eigenvalue weighted by atomic mass is 32.1. The molecule has 6 heteroatoms. The van der Waals surface area contributed by atoms with Crippen molar-refractivity contribution < 1.29 is 9.66 Å². The number of nitrogens with zero attached hydrogens (tertiary/aromatic N) is 1. The average Bonchev–Trinajstić information content (AvgIpc) is 2.84. The molecule has 0 saturated carbocycles. The third kappa shape index (κ3) is 3.06. The Balaban J connectivity index is 1.97. The number of benzene rings is 1. The Kier molecular flexibility index (Phi) is 3.91. The maximum Gasteiger partial charge on any atom is 0.292 e. The molecule has 1 heterocycles. The molecular formula is C12H12N2O3S. The van der Waals surface area contributed by atoms with Crippen LogP contribution >= 0.6 is 11.3 Å². The van der Waals surface area contributed by atoms with E-state index in [0.29, 0.717) is 13.2 Å². The summed E-state index contributed by atoms with van der Waals surface area (Å²) in [5.41, 5.74) is 6.35. The second-order valence-corrected chi connectivity index (χ2v) is 4.75. The van der Waals surface area contributed by atoms with Gasteiger partial charge in [-0.2, -0.15) is 0 Å². The predicted octanol–water partition coefficient (Wildman–Crippen LogP) is 2.96. The molecule has 0 spiro atoms. The highest BCUT2D eigenvalue weighted by Crippen LogP contribution is 2.23. The molecule has 0 atom stereocenters. The van der Waals surface area contributed by atoms with Crippen molar-refractivity contribution in [1.29, 1.82) is 0 Å². The summed E-state index contributed by atoms with van der Waals surface area (Å²) in [6.07, 6.45) is 0. The molecule has 0 saturated heterocycles. The third-order valence-electron chi connectivity index (χ3n) is 2.38. The van der Waals surface area contributed by atoms with Crippen LogP contribution in [0.4, 0.5) is 11.4 Å². The lowest BCUT2D eigenvalue weighted by Gasteiger charge is -2.04. The molecular weight excluding hydrogens is 252 g/mol. The van der Waals surface area contributed by atoms with E-state index in [4.69, 9.17) is 10.5 Å². The van der Waals surface area contributed by atoms with Gasteiger partial charge in [-0.3, -0.25) is 10.1 Å². The van der Waals surface area contributed by atoms with E-state index in [2.05, 4.69) is 0 Å². The molecule has 0 fully saturated rings. The van der Waals surface area contributed by atoms with Gasteiger partial charge in [-0.05, 0) is 23.1 Å². The zero-order chi connectivity index (χ0) is 13.0. The Bertz CT molecular complexity index is 540. The number of rotatable bonds is 5. The summed E-state index contributed by atoms with van der Waals surface area (Å²) in [7, 11) is 0. The van der Waals surface area contributed by atoms with Gasteiger partial charge < -0.3 is 10.5 Å². The van der Waals surface area contributed by atoms with Crippen LogP contribution in [0.1, 0.15) is 10.4 Å². The van der Waals surface area contributed by atoms with E-state index in [-0.39, 0.29) is 11.4 Å². The summed E-state index contributed by atoms with van der Waals surface area (Å²) in [5.74, 6) is 0. The standard InChI is InChI=1S/C12H12N2O3S/c13-11-4-3-9(6-12(11)14(15)16)7-17-8-10-2-1-5-18-10/h1-6H,7-8,13H2. The van der Waals surface area contributed by atoms with Gasteiger partial charge in [-0.1, -0.05) is 12.1 Å². The predicted molar refractivity (Wildman–Crippen MR) is 70.3 cm³/mol. The van der Waals surface area contributed by atoms with E-state index in [1.54, 1.807) is 17.4 Å². The Morgan fingerprint density at radius 1 is 1.33 bits per heavy atom. The van der Waals surface area contributed by atoms with Gasteiger partial charge >= 0.3 is 0 Å². The van der Waals surface area contributed by atoms with E-state index in [1.807, 2.05) is 17.5 Å². The lowest BCUT2D eigenvalue weighted by molar-refractivity contribution is -0.384. The molecule has 0 aliphatic heterocycles. The summed E-state index contributed by atoms with van der Waals surface area (Å²) in [4.78, 5) is 11.4. The molecule has 0 amide bonds. The number of nitro benzene ring substituents is 1. The Labute approximate surface area is 108 Å². The molecule has 0 aliphatic carbocycles. The SMILES string of the molecule is Nc1ccc(COCc2cccs2)cc1[N+](=O)[O-]. The van der Waals surface area contributed by atoms with Crippen molar-refractivity contribution in [3.05, 3.63) is 56.3 Å². The first kappa shape index (κ1) is 12.5. The number of thiophene rings is 1. The minimum Gasteiger partial charge on any atom is -0.393 e. The van der Waals surface area contributed by atoms with Crippen molar-refractivity contribution in [3.8, 4) is 0 Å². The molecule has 0 bridgehead atoms. The zero-order valence-electron chi connectivity index (χ0n) is 9.54. The van der Waals surface area contributed by atoms with Gasteiger partial charge in [0.25, 0.3) is 5.69 Å². The largest absolute Gasteiger partial charge is 0.393 e. The van der Waals surface area contributed by atoms with Crippen LogP contribution in [0.3, 0.4) is 0 Å². The summed E-state index contributed by atoms with van der Waals surface area (Å²) in [6.45, 7) is 0.842. The second-order valence-electron chi connectivity index (χ2n) is 3.72. The number of hydrogen-bond donors (Lipinski definition) is 1. The normalized spacial score (nSPS) is 10.4. The molecule has 1 aromatic carbocycles. The number of nitrogens with two attached hydrogens (primary N) is 1. The van der Waals surface area contributed by atoms with E-state index < -0.39 is 4.92 Å². The molecule has 18 heavy (non-hydrogen) atoms. The van der Waals surface area contributed by atoms with Crippen LogP contribution in [0, 0.1) is 10.1 Å². The molecule has 0 radical (unpaired) electrons. The first-order valence-electron chi connectivity index (χ1n) is 5.30. The summed E-state index contributed by atoms with van der Waals surface area (Å²) in [6, 6.07) is 8.65. The maximum absolute atomic E-state index is 10.7. The van der Waals surface area contributed by atoms with E-state index in [9.17, 15) is 10.1 Å². The lowest BCUT2D eigenvalue weighted by atomic mass is 10.2. The number of anilines is 1. The van der Waals surface area contributed by atoms with Gasteiger partial charge in [-0.25, -0.2) is 0 Å².